The summed E-state index contributed by atoms with van der Waals surface area (Å²) in [5, 5.41) is 0. The van der Waals surface area contributed by atoms with E-state index in [9.17, 15) is 4.79 Å². The second-order valence-corrected chi connectivity index (χ2v) is 4.24. The highest BCUT2D eigenvalue weighted by Gasteiger charge is 2.12. The molecule has 0 aromatic heterocycles. The number of hydrogen-bond donors (Lipinski definition) is 0. The molecule has 0 spiro atoms. The van der Waals surface area contributed by atoms with Crippen molar-refractivity contribution in [3.63, 3.8) is 0 Å². The van der Waals surface area contributed by atoms with Crippen LogP contribution in [0.25, 0.3) is 0 Å². The molecule has 0 saturated carbocycles. The number of ketones is 1. The van der Waals surface area contributed by atoms with Crippen LogP contribution in [0, 0.1) is 6.92 Å². The Morgan fingerprint density at radius 2 is 1.47 bits per heavy atom. The summed E-state index contributed by atoms with van der Waals surface area (Å²) in [7, 11) is 3.21. The molecule has 0 fully saturated rings. The molecular formula is C16H16O3. The Morgan fingerprint density at radius 1 is 0.895 bits per heavy atom. The normalized spacial score (nSPS) is 10.1. The zero-order chi connectivity index (χ0) is 13.8. The number of hydrogen-bond acceptors (Lipinski definition) is 3. The van der Waals surface area contributed by atoms with E-state index in [0.717, 1.165) is 17.1 Å². The summed E-state index contributed by atoms with van der Waals surface area (Å²) in [6.45, 7) is 1.90. The highest BCUT2D eigenvalue weighted by Crippen LogP contribution is 2.21. The van der Waals surface area contributed by atoms with Crippen LogP contribution in [0.4, 0.5) is 0 Å². The molecule has 2 rings (SSSR count). The van der Waals surface area contributed by atoms with E-state index in [1.54, 1.807) is 50.6 Å². The van der Waals surface area contributed by atoms with Crippen LogP contribution in [0.5, 0.6) is 11.5 Å². The van der Waals surface area contributed by atoms with Crippen LogP contribution >= 0.6 is 0 Å². The van der Waals surface area contributed by atoms with Crippen LogP contribution in [0.3, 0.4) is 0 Å². The Morgan fingerprint density at radius 3 is 2.00 bits per heavy atom. The summed E-state index contributed by atoms with van der Waals surface area (Å²) >= 11 is 0. The van der Waals surface area contributed by atoms with Crippen LogP contribution in [0.1, 0.15) is 21.5 Å². The van der Waals surface area contributed by atoms with Crippen molar-refractivity contribution in [1.29, 1.82) is 0 Å². The van der Waals surface area contributed by atoms with E-state index in [0.29, 0.717) is 11.1 Å². The van der Waals surface area contributed by atoms with Crippen LogP contribution in [-0.4, -0.2) is 20.0 Å². The molecule has 98 valence electrons. The summed E-state index contributed by atoms with van der Waals surface area (Å²) in [6.07, 6.45) is 0. The van der Waals surface area contributed by atoms with Crippen molar-refractivity contribution in [2.45, 2.75) is 6.92 Å². The third-order valence-corrected chi connectivity index (χ3v) is 3.03. The summed E-state index contributed by atoms with van der Waals surface area (Å²) in [5.41, 5.74) is 2.24. The number of carbonyl (C=O) groups is 1. The van der Waals surface area contributed by atoms with Gasteiger partial charge in [0.25, 0.3) is 0 Å². The van der Waals surface area contributed by atoms with Crippen molar-refractivity contribution in [2.24, 2.45) is 0 Å². The van der Waals surface area contributed by atoms with Gasteiger partial charge in [-0.25, -0.2) is 0 Å². The second kappa shape index (κ2) is 5.57. The predicted molar refractivity (Wildman–Crippen MR) is 74.2 cm³/mol. The highest BCUT2D eigenvalue weighted by atomic mass is 16.5. The third-order valence-electron chi connectivity index (χ3n) is 3.03. The number of rotatable bonds is 4. The minimum atomic E-state index is 0.00260. The van der Waals surface area contributed by atoms with Gasteiger partial charge in [0.2, 0.25) is 0 Å². The van der Waals surface area contributed by atoms with Crippen molar-refractivity contribution in [2.75, 3.05) is 14.2 Å². The Bertz CT molecular complexity index is 585. The van der Waals surface area contributed by atoms with Gasteiger partial charge in [-0.2, -0.15) is 0 Å². The largest absolute Gasteiger partial charge is 0.497 e. The van der Waals surface area contributed by atoms with Gasteiger partial charge in [-0.1, -0.05) is 0 Å². The second-order valence-electron chi connectivity index (χ2n) is 4.24. The highest BCUT2D eigenvalue weighted by molar-refractivity contribution is 6.10. The van der Waals surface area contributed by atoms with E-state index >= 15 is 0 Å². The molecule has 0 aliphatic rings. The molecule has 0 amide bonds. The summed E-state index contributed by atoms with van der Waals surface area (Å²) in [6, 6.07) is 12.6. The van der Waals surface area contributed by atoms with Gasteiger partial charge in [-0.15, -0.1) is 0 Å². The molecule has 0 bridgehead atoms. The molecule has 3 heteroatoms. The maximum Gasteiger partial charge on any atom is 0.193 e. The number of carbonyl (C=O) groups excluding carboxylic acids is 1. The van der Waals surface area contributed by atoms with Crippen molar-refractivity contribution < 1.29 is 14.3 Å². The summed E-state index contributed by atoms with van der Waals surface area (Å²) < 4.78 is 10.2. The van der Waals surface area contributed by atoms with Crippen LogP contribution in [0.15, 0.2) is 42.5 Å². The SMILES string of the molecule is COc1ccc(C(=O)c2ccc(OC)cc2C)cc1. The van der Waals surface area contributed by atoms with Crippen LogP contribution < -0.4 is 9.47 Å². The molecule has 0 saturated heterocycles. The Kier molecular flexibility index (Phi) is 3.85. The lowest BCUT2D eigenvalue weighted by Crippen LogP contribution is -2.03. The molecule has 0 N–H and O–H groups in total. The maximum absolute atomic E-state index is 12.4. The molecule has 0 aliphatic carbocycles. The van der Waals surface area contributed by atoms with Crippen LogP contribution in [-0.2, 0) is 0 Å². The van der Waals surface area contributed by atoms with E-state index in [-0.39, 0.29) is 5.78 Å². The van der Waals surface area contributed by atoms with Crippen molar-refractivity contribution >= 4 is 5.78 Å². The van der Waals surface area contributed by atoms with E-state index in [4.69, 9.17) is 9.47 Å². The Balaban J connectivity index is 2.32. The molecular weight excluding hydrogens is 240 g/mol. The van der Waals surface area contributed by atoms with E-state index < -0.39 is 0 Å². The quantitative estimate of drug-likeness (QED) is 0.788. The lowest BCUT2D eigenvalue weighted by Gasteiger charge is -2.08. The predicted octanol–water partition coefficient (Wildman–Crippen LogP) is 3.24. The van der Waals surface area contributed by atoms with Gasteiger partial charge < -0.3 is 9.47 Å². The minimum absolute atomic E-state index is 0.00260. The third kappa shape index (κ3) is 2.76. The Hall–Kier alpha value is -2.29. The number of aryl methyl sites for hydroxylation is 1. The fourth-order valence-corrected chi connectivity index (χ4v) is 1.92. The maximum atomic E-state index is 12.4. The smallest absolute Gasteiger partial charge is 0.193 e. The lowest BCUT2D eigenvalue weighted by atomic mass is 9.99. The van der Waals surface area contributed by atoms with Gasteiger partial charge >= 0.3 is 0 Å². The van der Waals surface area contributed by atoms with Gasteiger partial charge in [-0.05, 0) is 55.0 Å². The van der Waals surface area contributed by atoms with Gasteiger partial charge in [0.1, 0.15) is 11.5 Å². The molecule has 19 heavy (non-hydrogen) atoms. The van der Waals surface area contributed by atoms with Gasteiger partial charge in [-0.3, -0.25) is 4.79 Å². The molecule has 0 aliphatic heterocycles. The molecule has 2 aromatic rings. The number of methoxy groups -OCH3 is 2. The van der Waals surface area contributed by atoms with E-state index in [1.807, 2.05) is 13.0 Å². The van der Waals surface area contributed by atoms with Gasteiger partial charge in [0.15, 0.2) is 5.78 Å². The lowest BCUT2D eigenvalue weighted by molar-refractivity contribution is 0.103. The van der Waals surface area contributed by atoms with Gasteiger partial charge in [0.05, 0.1) is 14.2 Å². The van der Waals surface area contributed by atoms with Crippen molar-refractivity contribution in [3.8, 4) is 11.5 Å². The minimum Gasteiger partial charge on any atom is -0.497 e. The fraction of sp³-hybridized carbons (Fsp3) is 0.188. The average Bonchev–Trinajstić information content (AvgIpc) is 2.46. The number of ether oxygens (including phenoxy) is 2. The molecule has 0 unspecified atom stereocenters. The van der Waals surface area contributed by atoms with E-state index in [1.165, 1.54) is 0 Å². The van der Waals surface area contributed by atoms with Crippen molar-refractivity contribution in [3.05, 3.63) is 59.2 Å². The molecule has 2 aromatic carbocycles. The first-order valence-electron chi connectivity index (χ1n) is 5.99. The molecule has 0 heterocycles. The van der Waals surface area contributed by atoms with Gasteiger partial charge in [0, 0.05) is 11.1 Å². The zero-order valence-corrected chi connectivity index (χ0v) is 11.3. The molecule has 3 nitrogen and oxygen atoms in total. The zero-order valence-electron chi connectivity index (χ0n) is 11.3. The first-order chi connectivity index (χ1) is 9.15. The Labute approximate surface area is 112 Å². The van der Waals surface area contributed by atoms with Crippen LogP contribution in [0.2, 0.25) is 0 Å². The summed E-state index contributed by atoms with van der Waals surface area (Å²) in [4.78, 5) is 12.4. The molecule has 0 radical (unpaired) electrons. The number of benzene rings is 2. The first kappa shape index (κ1) is 13.1. The first-order valence-corrected chi connectivity index (χ1v) is 5.99. The fourth-order valence-electron chi connectivity index (χ4n) is 1.92. The average molecular weight is 256 g/mol. The standard InChI is InChI=1S/C16H16O3/c1-11-10-14(19-3)8-9-15(11)16(17)12-4-6-13(18-2)7-5-12/h4-10H,1-3H3. The van der Waals surface area contributed by atoms with E-state index in [2.05, 4.69) is 0 Å². The van der Waals surface area contributed by atoms with Crippen molar-refractivity contribution in [1.82, 2.24) is 0 Å². The monoisotopic (exact) mass is 256 g/mol. The molecule has 0 atom stereocenters. The topological polar surface area (TPSA) is 35.5 Å². The summed E-state index contributed by atoms with van der Waals surface area (Å²) in [5.74, 6) is 1.49.